The number of ether oxygens (including phenoxy) is 1. The maximum absolute atomic E-state index is 11.9. The first-order chi connectivity index (χ1) is 13.5. The zero-order valence-electron chi connectivity index (χ0n) is 18.1. The second-order valence-corrected chi connectivity index (χ2v) is 7.30. The minimum atomic E-state index is -0.0125. The molecule has 0 bridgehead atoms. The zero-order valence-corrected chi connectivity index (χ0v) is 20.4. The average Bonchev–Trinajstić information content (AvgIpc) is 3.23. The number of carbonyl (C=O) groups is 1. The quantitative estimate of drug-likeness (QED) is 0.299. The lowest BCUT2D eigenvalue weighted by Gasteiger charge is -2.29. The van der Waals surface area contributed by atoms with Crippen molar-refractivity contribution in [3.63, 3.8) is 0 Å². The van der Waals surface area contributed by atoms with Crippen LogP contribution in [-0.4, -0.2) is 75.6 Å². The van der Waals surface area contributed by atoms with Crippen molar-refractivity contribution in [2.24, 2.45) is 4.99 Å². The molecule has 2 rings (SSSR count). The van der Waals surface area contributed by atoms with Crippen LogP contribution in [0.5, 0.6) is 5.75 Å². The van der Waals surface area contributed by atoms with Crippen molar-refractivity contribution in [2.45, 2.75) is 32.2 Å². The molecule has 0 aliphatic carbocycles. The Morgan fingerprint density at radius 2 is 2.00 bits per heavy atom. The lowest BCUT2D eigenvalue weighted by Crippen LogP contribution is -2.43. The van der Waals surface area contributed by atoms with Gasteiger partial charge < -0.3 is 20.3 Å². The first kappa shape index (κ1) is 25.5. The topological polar surface area (TPSA) is 69.2 Å². The van der Waals surface area contributed by atoms with Gasteiger partial charge in [0.25, 0.3) is 0 Å². The molecule has 1 unspecified atom stereocenters. The summed E-state index contributed by atoms with van der Waals surface area (Å²) in [6.07, 6.45) is 3.45. The number of likely N-dealkylation sites (N-methyl/N-ethyl adjacent to an activating group) is 1. The fourth-order valence-electron chi connectivity index (χ4n) is 3.26. The number of carbonyl (C=O) groups excluding carboxylic acids is 1. The molecular formula is C21H36IN5O2. The van der Waals surface area contributed by atoms with Gasteiger partial charge in [0.1, 0.15) is 12.3 Å². The summed E-state index contributed by atoms with van der Waals surface area (Å²) >= 11 is 0. The summed E-state index contributed by atoms with van der Waals surface area (Å²) in [6, 6.07) is 8.50. The molecule has 1 aliphatic heterocycles. The van der Waals surface area contributed by atoms with E-state index in [0.29, 0.717) is 5.96 Å². The number of guanidine groups is 1. The molecule has 29 heavy (non-hydrogen) atoms. The summed E-state index contributed by atoms with van der Waals surface area (Å²) in [6.45, 7) is 5.97. The van der Waals surface area contributed by atoms with Crippen LogP contribution in [-0.2, 0) is 4.79 Å². The summed E-state index contributed by atoms with van der Waals surface area (Å²) in [5, 5.41) is 6.76. The molecule has 2 N–H and O–H groups in total. The highest BCUT2D eigenvalue weighted by atomic mass is 127. The van der Waals surface area contributed by atoms with Gasteiger partial charge in [-0.15, -0.1) is 24.0 Å². The maximum atomic E-state index is 11.9. The Labute approximate surface area is 192 Å². The number of hydrogen-bond donors (Lipinski definition) is 2. The van der Waals surface area contributed by atoms with Gasteiger partial charge >= 0.3 is 0 Å². The smallest absolute Gasteiger partial charge is 0.243 e. The van der Waals surface area contributed by atoms with Crippen molar-refractivity contribution in [3.05, 3.63) is 29.8 Å². The summed E-state index contributed by atoms with van der Waals surface area (Å²) in [5.74, 6) is 1.54. The lowest BCUT2D eigenvalue weighted by atomic mass is 10.1. The number of benzene rings is 1. The molecule has 1 amide bonds. The predicted octanol–water partition coefficient (Wildman–Crippen LogP) is 2.48. The normalized spacial score (nSPS) is 15.4. The molecule has 1 saturated heterocycles. The predicted molar refractivity (Wildman–Crippen MR) is 129 cm³/mol. The highest BCUT2D eigenvalue weighted by Crippen LogP contribution is 2.27. The second-order valence-electron chi connectivity index (χ2n) is 7.30. The first-order valence-corrected chi connectivity index (χ1v) is 10.2. The number of amides is 1. The molecule has 1 heterocycles. The van der Waals surface area contributed by atoms with E-state index in [2.05, 4.69) is 39.6 Å². The van der Waals surface area contributed by atoms with E-state index in [4.69, 9.17) is 4.74 Å². The average molecular weight is 517 g/mol. The molecule has 8 heteroatoms. The Morgan fingerprint density at radius 1 is 1.28 bits per heavy atom. The van der Waals surface area contributed by atoms with Crippen LogP contribution in [0.3, 0.4) is 0 Å². The van der Waals surface area contributed by atoms with Gasteiger partial charge in [0.05, 0.1) is 13.2 Å². The van der Waals surface area contributed by atoms with Crippen LogP contribution in [0.15, 0.2) is 29.3 Å². The van der Waals surface area contributed by atoms with E-state index in [9.17, 15) is 4.79 Å². The Bertz CT molecular complexity index is 648. The Morgan fingerprint density at radius 3 is 2.62 bits per heavy atom. The van der Waals surface area contributed by atoms with Gasteiger partial charge in [0.2, 0.25) is 5.91 Å². The van der Waals surface area contributed by atoms with Crippen LogP contribution in [0.2, 0.25) is 0 Å². The van der Waals surface area contributed by atoms with Crippen molar-refractivity contribution in [2.75, 3.05) is 53.9 Å². The standard InChI is InChI=1S/C21H35N5O2.HI/c1-5-11-22-21(24-16-20(27)25(2)3)23-15-19(26-12-6-7-13-26)17-9-8-10-18(14-17)28-4;/h8-10,14,19H,5-7,11-13,15-16H2,1-4H3,(H2,22,23,24);1H. The SMILES string of the molecule is CCCNC(=NCC(=O)N(C)C)NCC(c1cccc(OC)c1)N1CCCC1.I. The van der Waals surface area contributed by atoms with Gasteiger partial charge in [-0.3, -0.25) is 9.69 Å². The van der Waals surface area contributed by atoms with Crippen LogP contribution in [0, 0.1) is 0 Å². The molecular weight excluding hydrogens is 481 g/mol. The van der Waals surface area contributed by atoms with Gasteiger partial charge in [-0.2, -0.15) is 0 Å². The molecule has 1 atom stereocenters. The van der Waals surface area contributed by atoms with Gasteiger partial charge in [-0.25, -0.2) is 4.99 Å². The van der Waals surface area contributed by atoms with E-state index in [1.807, 2.05) is 12.1 Å². The Kier molecular flexibility index (Phi) is 12.0. The van der Waals surface area contributed by atoms with Gasteiger partial charge in [0.15, 0.2) is 5.96 Å². The van der Waals surface area contributed by atoms with Crippen LogP contribution in [0.1, 0.15) is 37.8 Å². The van der Waals surface area contributed by atoms with Crippen LogP contribution in [0.4, 0.5) is 0 Å². The van der Waals surface area contributed by atoms with Crippen molar-refractivity contribution < 1.29 is 9.53 Å². The highest BCUT2D eigenvalue weighted by molar-refractivity contribution is 14.0. The van der Waals surface area contributed by atoms with Crippen molar-refractivity contribution in [1.29, 1.82) is 0 Å². The Hall–Kier alpha value is -1.55. The largest absolute Gasteiger partial charge is 0.497 e. The third kappa shape index (κ3) is 8.38. The minimum Gasteiger partial charge on any atom is -0.497 e. The first-order valence-electron chi connectivity index (χ1n) is 10.2. The zero-order chi connectivity index (χ0) is 20.4. The number of nitrogens with one attached hydrogen (secondary N) is 2. The van der Waals surface area contributed by atoms with Crippen LogP contribution in [0.25, 0.3) is 0 Å². The number of likely N-dealkylation sites (tertiary alicyclic amines) is 1. The molecule has 1 aliphatic rings. The van der Waals surface area contributed by atoms with Crippen LogP contribution < -0.4 is 15.4 Å². The molecule has 0 spiro atoms. The van der Waals surface area contributed by atoms with Crippen molar-refractivity contribution in [1.82, 2.24) is 20.4 Å². The number of aliphatic imine (C=N–C) groups is 1. The number of halogens is 1. The van der Waals surface area contributed by atoms with Gasteiger partial charge in [-0.1, -0.05) is 19.1 Å². The van der Waals surface area contributed by atoms with E-state index < -0.39 is 0 Å². The summed E-state index contributed by atoms with van der Waals surface area (Å²) in [5.41, 5.74) is 1.23. The van der Waals surface area contributed by atoms with E-state index >= 15 is 0 Å². The third-order valence-electron chi connectivity index (χ3n) is 4.94. The monoisotopic (exact) mass is 517 g/mol. The van der Waals surface area contributed by atoms with Crippen molar-refractivity contribution in [3.8, 4) is 5.75 Å². The molecule has 7 nitrogen and oxygen atoms in total. The number of rotatable bonds is 9. The molecule has 1 aromatic rings. The van der Waals surface area contributed by atoms with E-state index in [1.54, 1.807) is 26.1 Å². The van der Waals surface area contributed by atoms with Gasteiger partial charge in [-0.05, 0) is 50.0 Å². The van der Waals surface area contributed by atoms with Gasteiger partial charge in [0, 0.05) is 27.2 Å². The van der Waals surface area contributed by atoms with Crippen LogP contribution >= 0.6 is 24.0 Å². The summed E-state index contributed by atoms with van der Waals surface area (Å²) in [4.78, 5) is 20.4. The molecule has 1 fully saturated rings. The summed E-state index contributed by atoms with van der Waals surface area (Å²) < 4.78 is 5.42. The number of nitrogens with zero attached hydrogens (tertiary/aromatic N) is 3. The van der Waals surface area contributed by atoms with E-state index in [-0.39, 0.29) is 42.5 Å². The molecule has 1 aromatic carbocycles. The fraction of sp³-hybridized carbons (Fsp3) is 0.619. The highest BCUT2D eigenvalue weighted by Gasteiger charge is 2.24. The third-order valence-corrected chi connectivity index (χ3v) is 4.94. The molecule has 0 saturated carbocycles. The number of methoxy groups -OCH3 is 1. The minimum absolute atomic E-state index is 0. The van der Waals surface area contributed by atoms with E-state index in [0.717, 1.165) is 38.3 Å². The maximum Gasteiger partial charge on any atom is 0.243 e. The fourth-order valence-corrected chi connectivity index (χ4v) is 3.26. The number of hydrogen-bond acceptors (Lipinski definition) is 4. The molecule has 0 radical (unpaired) electrons. The summed E-state index contributed by atoms with van der Waals surface area (Å²) in [7, 11) is 5.19. The Balaban J connectivity index is 0.00000420. The lowest BCUT2D eigenvalue weighted by molar-refractivity contribution is -0.127. The van der Waals surface area contributed by atoms with E-state index in [1.165, 1.54) is 18.4 Å². The van der Waals surface area contributed by atoms with Crippen molar-refractivity contribution >= 4 is 35.8 Å². The second kappa shape index (κ2) is 13.6. The molecule has 164 valence electrons. The molecule has 0 aromatic heterocycles.